The van der Waals surface area contributed by atoms with E-state index in [4.69, 9.17) is 0 Å². The van der Waals surface area contributed by atoms with E-state index in [0.717, 1.165) is 23.0 Å². The maximum atomic E-state index is 13.1. The fourth-order valence-corrected chi connectivity index (χ4v) is 1.91. The summed E-state index contributed by atoms with van der Waals surface area (Å²) in [5, 5.41) is 10.1. The number of nitrogens with zero attached hydrogens (tertiary/aromatic N) is 1. The van der Waals surface area contributed by atoms with E-state index in [1.54, 1.807) is 24.4 Å². The van der Waals surface area contributed by atoms with Gasteiger partial charge in [0.1, 0.15) is 11.6 Å². The summed E-state index contributed by atoms with van der Waals surface area (Å²) >= 11 is 0. The number of halogens is 2. The summed E-state index contributed by atoms with van der Waals surface area (Å²) in [4.78, 5) is 11.9. The first-order valence-corrected chi connectivity index (χ1v) is 5.82. The van der Waals surface area contributed by atoms with Crippen molar-refractivity contribution < 1.29 is 13.6 Å². The Labute approximate surface area is 112 Å². The average molecular weight is 273 g/mol. The van der Waals surface area contributed by atoms with Gasteiger partial charge in [0.15, 0.2) is 0 Å². The van der Waals surface area contributed by atoms with Crippen LogP contribution in [-0.4, -0.2) is 16.1 Å². The van der Waals surface area contributed by atoms with Crippen LogP contribution in [0.15, 0.2) is 42.6 Å². The average Bonchev–Trinajstić information content (AvgIpc) is 2.85. The third-order valence-corrected chi connectivity index (χ3v) is 2.82. The molecule has 0 saturated heterocycles. The highest BCUT2D eigenvalue weighted by molar-refractivity contribution is 6.05. The normalized spacial score (nSPS) is 10.7. The highest BCUT2D eigenvalue weighted by Gasteiger charge is 2.10. The monoisotopic (exact) mass is 273 g/mol. The first kappa shape index (κ1) is 12.3. The van der Waals surface area contributed by atoms with Crippen molar-refractivity contribution in [3.8, 4) is 0 Å². The summed E-state index contributed by atoms with van der Waals surface area (Å²) in [6, 6.07) is 7.82. The molecule has 0 spiro atoms. The van der Waals surface area contributed by atoms with E-state index in [-0.39, 0.29) is 5.56 Å². The summed E-state index contributed by atoms with van der Waals surface area (Å²) in [6.45, 7) is 0. The Hall–Kier alpha value is -2.76. The summed E-state index contributed by atoms with van der Waals surface area (Å²) in [5.74, 6) is -2.16. The van der Waals surface area contributed by atoms with E-state index >= 15 is 0 Å². The van der Waals surface area contributed by atoms with E-state index < -0.39 is 17.5 Å². The van der Waals surface area contributed by atoms with Gasteiger partial charge in [0.05, 0.1) is 11.7 Å². The summed E-state index contributed by atoms with van der Waals surface area (Å²) in [6.07, 6.45) is 1.62. The van der Waals surface area contributed by atoms with Crippen LogP contribution >= 0.6 is 0 Å². The molecule has 0 unspecified atom stereocenters. The van der Waals surface area contributed by atoms with Gasteiger partial charge < -0.3 is 5.32 Å². The van der Waals surface area contributed by atoms with Gasteiger partial charge in [-0.25, -0.2) is 8.78 Å². The van der Waals surface area contributed by atoms with Crippen LogP contribution < -0.4 is 5.32 Å². The number of nitrogens with one attached hydrogen (secondary N) is 2. The van der Waals surface area contributed by atoms with Gasteiger partial charge in [0.25, 0.3) is 5.91 Å². The standard InChI is InChI=1S/C14H9F2N3O/c15-10-3-8(4-11(16)6-10)14(20)18-12-1-2-13-9(5-12)7-17-19-13/h1-7H,(H,17,19)(H,18,20). The lowest BCUT2D eigenvalue weighted by Gasteiger charge is -2.05. The molecule has 0 aliphatic carbocycles. The molecule has 0 fully saturated rings. The lowest BCUT2D eigenvalue weighted by atomic mass is 10.2. The van der Waals surface area contributed by atoms with E-state index in [1.807, 2.05) is 0 Å². The topological polar surface area (TPSA) is 57.8 Å². The molecule has 2 aromatic carbocycles. The molecule has 0 aliphatic rings. The van der Waals surface area contributed by atoms with Crippen LogP contribution in [0.5, 0.6) is 0 Å². The van der Waals surface area contributed by atoms with Crippen molar-refractivity contribution in [1.29, 1.82) is 0 Å². The molecule has 0 saturated carbocycles. The van der Waals surface area contributed by atoms with Crippen molar-refractivity contribution >= 4 is 22.5 Å². The third kappa shape index (κ3) is 2.35. The highest BCUT2D eigenvalue weighted by Crippen LogP contribution is 2.18. The first-order chi connectivity index (χ1) is 9.61. The Kier molecular flexibility index (Phi) is 2.90. The largest absolute Gasteiger partial charge is 0.322 e. The molecule has 6 heteroatoms. The van der Waals surface area contributed by atoms with Crippen molar-refractivity contribution in [1.82, 2.24) is 10.2 Å². The van der Waals surface area contributed by atoms with Crippen molar-refractivity contribution in [3.63, 3.8) is 0 Å². The van der Waals surface area contributed by atoms with Gasteiger partial charge in [-0.15, -0.1) is 0 Å². The Balaban J connectivity index is 1.87. The van der Waals surface area contributed by atoms with Gasteiger partial charge in [-0.2, -0.15) is 5.10 Å². The van der Waals surface area contributed by atoms with E-state index in [9.17, 15) is 13.6 Å². The Morgan fingerprint density at radius 1 is 1.10 bits per heavy atom. The maximum Gasteiger partial charge on any atom is 0.255 e. The molecule has 1 heterocycles. The number of aromatic amines is 1. The fourth-order valence-electron chi connectivity index (χ4n) is 1.91. The molecule has 4 nitrogen and oxygen atoms in total. The molecule has 0 radical (unpaired) electrons. The van der Waals surface area contributed by atoms with Crippen LogP contribution in [0.4, 0.5) is 14.5 Å². The number of fused-ring (bicyclic) bond motifs is 1. The second kappa shape index (κ2) is 4.73. The van der Waals surface area contributed by atoms with Gasteiger partial charge in [0, 0.05) is 22.7 Å². The van der Waals surface area contributed by atoms with Crippen LogP contribution in [0.25, 0.3) is 10.9 Å². The molecule has 3 aromatic rings. The van der Waals surface area contributed by atoms with Crippen LogP contribution in [0.1, 0.15) is 10.4 Å². The fraction of sp³-hybridized carbons (Fsp3) is 0. The predicted octanol–water partition coefficient (Wildman–Crippen LogP) is 3.09. The number of aromatic nitrogens is 2. The van der Waals surface area contributed by atoms with Crippen LogP contribution in [0, 0.1) is 11.6 Å². The minimum Gasteiger partial charge on any atom is -0.322 e. The van der Waals surface area contributed by atoms with Crippen molar-refractivity contribution in [2.75, 3.05) is 5.32 Å². The van der Waals surface area contributed by atoms with Crippen molar-refractivity contribution in [2.24, 2.45) is 0 Å². The number of carbonyl (C=O) groups is 1. The van der Waals surface area contributed by atoms with E-state index in [0.29, 0.717) is 11.8 Å². The number of anilines is 1. The van der Waals surface area contributed by atoms with Crippen molar-refractivity contribution in [3.05, 3.63) is 59.8 Å². The number of rotatable bonds is 2. The molecule has 0 bridgehead atoms. The number of hydrogen-bond acceptors (Lipinski definition) is 2. The molecule has 2 N–H and O–H groups in total. The molecule has 100 valence electrons. The van der Waals surface area contributed by atoms with Gasteiger partial charge >= 0.3 is 0 Å². The van der Waals surface area contributed by atoms with Crippen molar-refractivity contribution in [2.45, 2.75) is 0 Å². The highest BCUT2D eigenvalue weighted by atomic mass is 19.1. The molecule has 20 heavy (non-hydrogen) atoms. The molecule has 0 aliphatic heterocycles. The van der Waals surface area contributed by atoms with Gasteiger partial charge in [-0.05, 0) is 30.3 Å². The van der Waals surface area contributed by atoms with Gasteiger partial charge in [0.2, 0.25) is 0 Å². The zero-order valence-corrected chi connectivity index (χ0v) is 10.2. The molecular formula is C14H9F2N3O. The zero-order valence-electron chi connectivity index (χ0n) is 10.2. The molecule has 1 amide bonds. The zero-order chi connectivity index (χ0) is 14.1. The quantitative estimate of drug-likeness (QED) is 0.753. The number of H-pyrrole nitrogens is 1. The van der Waals surface area contributed by atoms with Gasteiger partial charge in [-0.1, -0.05) is 0 Å². The second-order valence-corrected chi connectivity index (χ2v) is 4.28. The van der Waals surface area contributed by atoms with E-state index in [1.165, 1.54) is 0 Å². The molecular weight excluding hydrogens is 264 g/mol. The minimum absolute atomic E-state index is 0.0743. The summed E-state index contributed by atoms with van der Waals surface area (Å²) in [5.41, 5.74) is 1.28. The van der Waals surface area contributed by atoms with Crippen LogP contribution in [0.2, 0.25) is 0 Å². The number of hydrogen-bond donors (Lipinski definition) is 2. The smallest absolute Gasteiger partial charge is 0.255 e. The molecule has 1 aromatic heterocycles. The number of carbonyl (C=O) groups excluding carboxylic acids is 1. The lowest BCUT2D eigenvalue weighted by Crippen LogP contribution is -2.12. The molecule has 3 rings (SSSR count). The lowest BCUT2D eigenvalue weighted by molar-refractivity contribution is 0.102. The SMILES string of the molecule is O=C(Nc1ccc2[nH]ncc2c1)c1cc(F)cc(F)c1. The molecule has 0 atom stereocenters. The van der Waals surface area contributed by atoms with Crippen LogP contribution in [0.3, 0.4) is 0 Å². The third-order valence-electron chi connectivity index (χ3n) is 2.82. The van der Waals surface area contributed by atoms with E-state index in [2.05, 4.69) is 15.5 Å². The Morgan fingerprint density at radius 3 is 2.60 bits per heavy atom. The summed E-state index contributed by atoms with van der Waals surface area (Å²) < 4.78 is 26.1. The second-order valence-electron chi connectivity index (χ2n) is 4.28. The summed E-state index contributed by atoms with van der Waals surface area (Å²) in [7, 11) is 0. The predicted molar refractivity (Wildman–Crippen MR) is 70.4 cm³/mol. The maximum absolute atomic E-state index is 13.1. The Bertz CT molecular complexity index is 778. The number of amides is 1. The Morgan fingerprint density at radius 2 is 1.85 bits per heavy atom. The van der Waals surface area contributed by atoms with Gasteiger partial charge in [-0.3, -0.25) is 9.89 Å². The van der Waals surface area contributed by atoms with Crippen LogP contribution in [-0.2, 0) is 0 Å². The minimum atomic E-state index is -0.791. The number of benzene rings is 2. The first-order valence-electron chi connectivity index (χ1n) is 5.82.